The van der Waals surface area contributed by atoms with E-state index >= 15 is 0 Å². The molecule has 2 rings (SSSR count). The van der Waals surface area contributed by atoms with Crippen LogP contribution < -0.4 is 5.32 Å². The van der Waals surface area contributed by atoms with Crippen LogP contribution >= 0.6 is 0 Å². The van der Waals surface area contributed by atoms with Gasteiger partial charge in [-0.2, -0.15) is 0 Å². The van der Waals surface area contributed by atoms with Crippen LogP contribution in [0.3, 0.4) is 0 Å². The third kappa shape index (κ3) is 2.01. The van der Waals surface area contributed by atoms with Crippen LogP contribution in [0.1, 0.15) is 38.5 Å². The van der Waals surface area contributed by atoms with Crippen molar-refractivity contribution >= 4 is 5.91 Å². The zero-order chi connectivity index (χ0) is 11.4. The zero-order valence-electron chi connectivity index (χ0n) is 10.2. The number of carbonyl (C=O) groups is 1. The van der Waals surface area contributed by atoms with E-state index in [9.17, 15) is 4.79 Å². The number of amides is 1. The summed E-state index contributed by atoms with van der Waals surface area (Å²) >= 11 is 0. The maximum absolute atomic E-state index is 12.2. The quantitative estimate of drug-likeness (QED) is 0.721. The Morgan fingerprint density at radius 3 is 2.56 bits per heavy atom. The average Bonchev–Trinajstić information content (AvgIpc) is 2.39. The molecule has 1 heterocycles. The van der Waals surface area contributed by atoms with Crippen molar-refractivity contribution in [3.05, 3.63) is 12.2 Å². The molecule has 3 heteroatoms. The fourth-order valence-corrected chi connectivity index (χ4v) is 3.01. The van der Waals surface area contributed by atoms with Crippen LogP contribution in [-0.2, 0) is 4.79 Å². The Balaban J connectivity index is 2.18. The first-order chi connectivity index (χ1) is 7.79. The molecule has 1 atom stereocenters. The zero-order valence-corrected chi connectivity index (χ0v) is 10.2. The number of allylic oxidation sites excluding steroid dienone is 1. The number of likely N-dealkylation sites (N-methyl/N-ethyl adjacent to an activating group) is 1. The van der Waals surface area contributed by atoms with Gasteiger partial charge in [-0.3, -0.25) is 9.69 Å². The molecule has 0 aromatic rings. The molecule has 1 N–H and O–H groups in total. The first kappa shape index (κ1) is 11.6. The van der Waals surface area contributed by atoms with Crippen molar-refractivity contribution in [3.63, 3.8) is 0 Å². The molecule has 0 spiro atoms. The van der Waals surface area contributed by atoms with Gasteiger partial charge in [-0.1, -0.05) is 18.6 Å². The highest BCUT2D eigenvalue weighted by molar-refractivity contribution is 5.86. The largest absolute Gasteiger partial charge is 0.358 e. The van der Waals surface area contributed by atoms with E-state index in [-0.39, 0.29) is 11.4 Å². The minimum absolute atomic E-state index is 0.207. The van der Waals surface area contributed by atoms with Crippen LogP contribution in [0.25, 0.3) is 0 Å². The van der Waals surface area contributed by atoms with Gasteiger partial charge in [0.05, 0.1) is 0 Å². The van der Waals surface area contributed by atoms with Crippen molar-refractivity contribution in [2.45, 2.75) is 44.1 Å². The Bertz CT molecular complexity index is 282. The van der Waals surface area contributed by atoms with Crippen molar-refractivity contribution in [1.29, 1.82) is 0 Å². The van der Waals surface area contributed by atoms with E-state index in [1.165, 1.54) is 19.3 Å². The van der Waals surface area contributed by atoms with Crippen LogP contribution in [0.4, 0.5) is 0 Å². The number of piperidine rings is 1. The number of likely N-dealkylation sites (tertiary alicyclic amines) is 1. The smallest absolute Gasteiger partial charge is 0.240 e. The molecule has 0 bridgehead atoms. The summed E-state index contributed by atoms with van der Waals surface area (Å²) < 4.78 is 0. The summed E-state index contributed by atoms with van der Waals surface area (Å²) in [5.41, 5.74) is -0.246. The van der Waals surface area contributed by atoms with Gasteiger partial charge in [-0.25, -0.2) is 0 Å². The maximum atomic E-state index is 12.2. The molecule has 16 heavy (non-hydrogen) atoms. The highest BCUT2D eigenvalue weighted by Gasteiger charge is 2.43. The number of hydrogen-bond donors (Lipinski definition) is 1. The minimum Gasteiger partial charge on any atom is -0.358 e. The molecule has 0 aromatic carbocycles. The predicted molar refractivity (Wildman–Crippen MR) is 65.2 cm³/mol. The summed E-state index contributed by atoms with van der Waals surface area (Å²) in [6.07, 6.45) is 11.1. The van der Waals surface area contributed by atoms with Crippen LogP contribution in [0.2, 0.25) is 0 Å². The highest BCUT2D eigenvalue weighted by atomic mass is 16.2. The third-order valence-electron chi connectivity index (χ3n) is 3.96. The minimum atomic E-state index is -0.246. The molecular weight excluding hydrogens is 200 g/mol. The lowest BCUT2D eigenvalue weighted by Crippen LogP contribution is -2.59. The van der Waals surface area contributed by atoms with Crippen molar-refractivity contribution in [1.82, 2.24) is 10.2 Å². The summed E-state index contributed by atoms with van der Waals surface area (Å²) in [5, 5.41) is 2.86. The second-order valence-electron chi connectivity index (χ2n) is 4.87. The van der Waals surface area contributed by atoms with Crippen LogP contribution in [0.15, 0.2) is 12.2 Å². The summed E-state index contributed by atoms with van der Waals surface area (Å²) in [7, 11) is 1.76. The van der Waals surface area contributed by atoms with Gasteiger partial charge in [0.15, 0.2) is 0 Å². The summed E-state index contributed by atoms with van der Waals surface area (Å²) in [6.45, 7) is 2.17. The van der Waals surface area contributed by atoms with E-state index < -0.39 is 0 Å². The number of nitrogens with zero attached hydrogens (tertiary/aromatic N) is 1. The SMILES string of the molecule is CNC(=O)C1(N2CCCCC2)CC=CCC1. The van der Waals surface area contributed by atoms with Crippen LogP contribution in [-0.4, -0.2) is 36.5 Å². The van der Waals surface area contributed by atoms with Crippen LogP contribution in [0.5, 0.6) is 0 Å². The molecule has 1 saturated heterocycles. The molecule has 1 aliphatic heterocycles. The monoisotopic (exact) mass is 222 g/mol. The maximum Gasteiger partial charge on any atom is 0.240 e. The van der Waals surface area contributed by atoms with Gasteiger partial charge in [0.25, 0.3) is 0 Å². The molecule has 1 aliphatic carbocycles. The predicted octanol–water partition coefficient (Wildman–Crippen LogP) is 1.70. The molecule has 1 unspecified atom stereocenters. The molecule has 2 aliphatic rings. The molecule has 3 nitrogen and oxygen atoms in total. The second-order valence-corrected chi connectivity index (χ2v) is 4.87. The number of nitrogens with one attached hydrogen (secondary N) is 1. The van der Waals surface area contributed by atoms with Gasteiger partial charge in [-0.15, -0.1) is 0 Å². The van der Waals surface area contributed by atoms with Gasteiger partial charge in [0, 0.05) is 7.05 Å². The lowest BCUT2D eigenvalue weighted by atomic mass is 9.82. The van der Waals surface area contributed by atoms with Crippen molar-refractivity contribution in [2.75, 3.05) is 20.1 Å². The molecular formula is C13H22N2O. The molecule has 1 amide bonds. The van der Waals surface area contributed by atoms with E-state index in [1.54, 1.807) is 7.05 Å². The Morgan fingerprint density at radius 2 is 2.00 bits per heavy atom. The van der Waals surface area contributed by atoms with E-state index in [0.29, 0.717) is 0 Å². The molecule has 90 valence electrons. The molecule has 1 fully saturated rings. The fraction of sp³-hybridized carbons (Fsp3) is 0.769. The summed E-state index contributed by atoms with van der Waals surface area (Å²) in [6, 6.07) is 0. The summed E-state index contributed by atoms with van der Waals surface area (Å²) in [4.78, 5) is 14.6. The number of carbonyl (C=O) groups excluding carboxylic acids is 1. The average molecular weight is 222 g/mol. The second kappa shape index (κ2) is 5.00. The number of hydrogen-bond acceptors (Lipinski definition) is 2. The van der Waals surface area contributed by atoms with Gasteiger partial charge in [0.1, 0.15) is 5.54 Å². The van der Waals surface area contributed by atoms with Crippen molar-refractivity contribution in [3.8, 4) is 0 Å². The third-order valence-corrected chi connectivity index (χ3v) is 3.96. The molecule has 0 aromatic heterocycles. The van der Waals surface area contributed by atoms with Crippen LogP contribution in [0, 0.1) is 0 Å². The lowest BCUT2D eigenvalue weighted by Gasteiger charge is -2.45. The molecule has 0 saturated carbocycles. The van der Waals surface area contributed by atoms with Gasteiger partial charge in [-0.05, 0) is 45.2 Å². The Kier molecular flexibility index (Phi) is 3.64. The first-order valence-corrected chi connectivity index (χ1v) is 6.42. The van der Waals surface area contributed by atoms with E-state index in [4.69, 9.17) is 0 Å². The normalized spacial score (nSPS) is 31.3. The Labute approximate surface area is 97.9 Å². The van der Waals surface area contributed by atoms with Gasteiger partial charge < -0.3 is 5.32 Å². The standard InChI is InChI=1S/C13H22N2O/c1-14-12(16)13(8-4-2-5-9-13)15-10-6-3-7-11-15/h2,4H,3,5-11H2,1H3,(H,14,16). The topological polar surface area (TPSA) is 32.3 Å². The Morgan fingerprint density at radius 1 is 1.25 bits per heavy atom. The van der Waals surface area contributed by atoms with Gasteiger partial charge in [0.2, 0.25) is 5.91 Å². The number of rotatable bonds is 2. The van der Waals surface area contributed by atoms with E-state index in [0.717, 1.165) is 32.4 Å². The fourth-order valence-electron chi connectivity index (χ4n) is 3.01. The summed E-state index contributed by atoms with van der Waals surface area (Å²) in [5.74, 6) is 0.207. The van der Waals surface area contributed by atoms with Gasteiger partial charge >= 0.3 is 0 Å². The van der Waals surface area contributed by atoms with E-state index in [2.05, 4.69) is 22.4 Å². The van der Waals surface area contributed by atoms with E-state index in [1.807, 2.05) is 0 Å². The molecule has 0 radical (unpaired) electrons. The van der Waals surface area contributed by atoms with Crippen molar-refractivity contribution < 1.29 is 4.79 Å². The lowest BCUT2D eigenvalue weighted by molar-refractivity contribution is -0.134. The highest BCUT2D eigenvalue weighted by Crippen LogP contribution is 2.32. The Hall–Kier alpha value is -0.830. The first-order valence-electron chi connectivity index (χ1n) is 6.42. The van der Waals surface area contributed by atoms with Crippen molar-refractivity contribution in [2.24, 2.45) is 0 Å².